The van der Waals surface area contributed by atoms with Crippen molar-refractivity contribution in [1.29, 1.82) is 0 Å². The van der Waals surface area contributed by atoms with Crippen LogP contribution in [-0.2, 0) is 12.8 Å². The molecule has 6 nitrogen and oxygen atoms in total. The lowest BCUT2D eigenvalue weighted by molar-refractivity contribution is 0.931. The molecular weight excluding hydrogens is 613 g/mol. The van der Waals surface area contributed by atoms with Crippen molar-refractivity contribution in [3.05, 3.63) is 84.2 Å². The van der Waals surface area contributed by atoms with Crippen molar-refractivity contribution in [1.82, 2.24) is 18.7 Å². The second-order valence-electron chi connectivity index (χ2n) is 11.4. The van der Waals surface area contributed by atoms with Gasteiger partial charge in [-0.1, -0.05) is 38.1 Å². The van der Waals surface area contributed by atoms with Crippen LogP contribution in [-0.4, -0.2) is 46.9 Å². The molecule has 0 aliphatic carbocycles. The molecule has 0 N–H and O–H groups in total. The van der Waals surface area contributed by atoms with Gasteiger partial charge in [0, 0.05) is 70.2 Å². The van der Waals surface area contributed by atoms with E-state index in [1.54, 1.807) is 22.7 Å². The van der Waals surface area contributed by atoms with Crippen molar-refractivity contribution in [3.8, 4) is 41.8 Å². The summed E-state index contributed by atoms with van der Waals surface area (Å²) >= 11 is 4.80. The van der Waals surface area contributed by atoms with Gasteiger partial charge in [-0.2, -0.15) is 8.75 Å². The second kappa shape index (κ2) is 12.0. The topological polar surface area (TPSA) is 58.0 Å². The van der Waals surface area contributed by atoms with Crippen molar-refractivity contribution in [2.24, 2.45) is 0 Å². The zero-order chi connectivity index (χ0) is 31.2. The Labute approximate surface area is 276 Å². The van der Waals surface area contributed by atoms with Crippen LogP contribution < -0.4 is 9.80 Å². The van der Waals surface area contributed by atoms with E-state index in [-0.39, 0.29) is 0 Å². The maximum Gasteiger partial charge on any atom is 0.116 e. The lowest BCUT2D eigenvalue weighted by atomic mass is 10.0. The quantitative estimate of drug-likeness (QED) is 0.164. The first kappa shape index (κ1) is 29.5. The van der Waals surface area contributed by atoms with Crippen molar-refractivity contribution < 1.29 is 0 Å². The molecule has 0 aliphatic heterocycles. The molecule has 0 bridgehead atoms. The number of aryl methyl sites for hydroxylation is 2. The van der Waals surface area contributed by atoms with Gasteiger partial charge in [-0.15, -0.1) is 22.7 Å². The van der Waals surface area contributed by atoms with Gasteiger partial charge in [-0.3, -0.25) is 0 Å². The third-order valence-corrected chi connectivity index (χ3v) is 11.0. The van der Waals surface area contributed by atoms with Crippen LogP contribution in [0.1, 0.15) is 25.2 Å². The summed E-state index contributed by atoms with van der Waals surface area (Å²) < 4.78 is 9.79. The number of thiophene rings is 2. The van der Waals surface area contributed by atoms with Crippen molar-refractivity contribution >= 4 is 67.8 Å². The SMILES string of the molecule is CCc1nc2c(-c3ccc(-c4ccc(N(C)C)cc4)s3)c3nsnc3c(-c3ccc(-c4ccc(N(C)C)cc4)s3)c2nc1CC. The fraction of sp³-hybridized carbons (Fsp3) is 0.222. The first-order valence-electron chi connectivity index (χ1n) is 15.1. The Morgan fingerprint density at radius 1 is 0.489 bits per heavy atom. The number of hydrogen-bond acceptors (Lipinski definition) is 9. The summed E-state index contributed by atoms with van der Waals surface area (Å²) in [4.78, 5) is 19.6. The number of benzene rings is 3. The number of anilines is 2. The van der Waals surface area contributed by atoms with Crippen LogP contribution in [0, 0.1) is 0 Å². The molecule has 0 spiro atoms. The van der Waals surface area contributed by atoms with Gasteiger partial charge in [0.2, 0.25) is 0 Å². The summed E-state index contributed by atoms with van der Waals surface area (Å²) in [6.45, 7) is 4.32. The molecule has 0 amide bonds. The highest BCUT2D eigenvalue weighted by Gasteiger charge is 2.25. The van der Waals surface area contributed by atoms with Gasteiger partial charge in [0.15, 0.2) is 0 Å². The molecule has 0 unspecified atom stereocenters. The van der Waals surface area contributed by atoms with Crippen LogP contribution >= 0.6 is 34.4 Å². The minimum absolute atomic E-state index is 0.828. The van der Waals surface area contributed by atoms with E-state index in [1.165, 1.54) is 44.0 Å². The van der Waals surface area contributed by atoms with E-state index in [4.69, 9.17) is 18.7 Å². The molecule has 0 aliphatic rings. The van der Waals surface area contributed by atoms with Gasteiger partial charge in [0.1, 0.15) is 22.1 Å². The Hall–Kier alpha value is -4.18. The zero-order valence-electron chi connectivity index (χ0n) is 26.3. The van der Waals surface area contributed by atoms with Gasteiger partial charge in [0.25, 0.3) is 0 Å². The van der Waals surface area contributed by atoms with Crippen LogP contribution in [0.5, 0.6) is 0 Å². The van der Waals surface area contributed by atoms with E-state index in [0.29, 0.717) is 0 Å². The second-order valence-corrected chi connectivity index (χ2v) is 14.1. The molecule has 226 valence electrons. The van der Waals surface area contributed by atoms with Crippen LogP contribution in [0.25, 0.3) is 63.8 Å². The molecule has 0 saturated carbocycles. The Bertz CT molecular complexity index is 1990. The smallest absolute Gasteiger partial charge is 0.116 e. The van der Waals surface area contributed by atoms with Crippen LogP contribution in [0.2, 0.25) is 0 Å². The summed E-state index contributed by atoms with van der Waals surface area (Å²) in [7, 11) is 8.26. The van der Waals surface area contributed by atoms with Crippen molar-refractivity contribution in [2.75, 3.05) is 38.0 Å². The Morgan fingerprint density at radius 3 is 1.22 bits per heavy atom. The van der Waals surface area contributed by atoms with E-state index >= 15 is 0 Å². The fourth-order valence-electron chi connectivity index (χ4n) is 5.73. The molecule has 0 atom stereocenters. The molecule has 0 fully saturated rings. The summed E-state index contributed by atoms with van der Waals surface area (Å²) in [6.07, 6.45) is 1.66. The van der Waals surface area contributed by atoms with E-state index in [2.05, 4.69) is 125 Å². The van der Waals surface area contributed by atoms with Gasteiger partial charge in [-0.05, 0) is 72.5 Å². The molecule has 3 aromatic carbocycles. The molecule has 7 rings (SSSR count). The Balaban J connectivity index is 1.42. The average Bonchev–Trinajstić information content (AvgIpc) is 3.85. The number of fused-ring (bicyclic) bond motifs is 2. The van der Waals surface area contributed by atoms with Crippen molar-refractivity contribution in [3.63, 3.8) is 0 Å². The van der Waals surface area contributed by atoms with E-state index in [0.717, 1.165) is 67.2 Å². The van der Waals surface area contributed by atoms with Gasteiger partial charge in [0.05, 0.1) is 23.1 Å². The van der Waals surface area contributed by atoms with E-state index < -0.39 is 0 Å². The maximum atomic E-state index is 5.34. The summed E-state index contributed by atoms with van der Waals surface area (Å²) in [5, 5.41) is 0. The molecule has 4 aromatic heterocycles. The Kier molecular flexibility index (Phi) is 7.85. The normalized spacial score (nSPS) is 11.5. The first-order chi connectivity index (χ1) is 21.9. The fourth-order valence-corrected chi connectivity index (χ4v) is 8.41. The minimum atomic E-state index is 0.828. The molecule has 9 heteroatoms. The van der Waals surface area contributed by atoms with Crippen LogP contribution in [0.15, 0.2) is 72.8 Å². The lowest BCUT2D eigenvalue weighted by Crippen LogP contribution is -2.07. The number of rotatable bonds is 8. The summed E-state index contributed by atoms with van der Waals surface area (Å²) in [5.41, 5.74) is 12.5. The Morgan fingerprint density at radius 2 is 0.867 bits per heavy atom. The molecule has 7 aromatic rings. The maximum absolute atomic E-state index is 5.34. The van der Waals surface area contributed by atoms with E-state index in [9.17, 15) is 0 Å². The molecule has 45 heavy (non-hydrogen) atoms. The predicted octanol–water partition coefficient (Wildman–Crippen LogP) is 9.68. The molecular formula is C36H34N6S3. The zero-order valence-corrected chi connectivity index (χ0v) is 28.7. The monoisotopic (exact) mass is 646 g/mol. The molecule has 0 saturated heterocycles. The third kappa shape index (κ3) is 5.28. The van der Waals surface area contributed by atoms with Gasteiger partial charge in [-0.25, -0.2) is 9.97 Å². The van der Waals surface area contributed by atoms with Gasteiger partial charge >= 0.3 is 0 Å². The number of hydrogen-bond donors (Lipinski definition) is 0. The minimum Gasteiger partial charge on any atom is -0.378 e. The van der Waals surface area contributed by atoms with Crippen LogP contribution in [0.3, 0.4) is 0 Å². The van der Waals surface area contributed by atoms with E-state index in [1.807, 2.05) is 0 Å². The van der Waals surface area contributed by atoms with Crippen LogP contribution in [0.4, 0.5) is 11.4 Å². The highest BCUT2D eigenvalue weighted by atomic mass is 32.1. The molecule has 0 radical (unpaired) electrons. The first-order valence-corrected chi connectivity index (χ1v) is 17.5. The summed E-state index contributed by atoms with van der Waals surface area (Å²) in [6, 6.07) is 26.2. The van der Waals surface area contributed by atoms with Crippen molar-refractivity contribution in [2.45, 2.75) is 26.7 Å². The highest BCUT2D eigenvalue weighted by molar-refractivity contribution is 7.19. The highest BCUT2D eigenvalue weighted by Crippen LogP contribution is 2.47. The predicted molar refractivity (Wildman–Crippen MR) is 195 cm³/mol. The standard InChI is InChI=1S/C36H34N6S3/c1-7-25-26(8-2)38-34-32(30-20-18-28(44-30)22-11-15-24(16-12-22)42(5)6)36-35(39-45-40-36)31(33(34)37-25)29-19-17-27(43-29)21-9-13-23(14-10-21)41(3)4/h9-20H,7-8H2,1-6H3. The lowest BCUT2D eigenvalue weighted by Gasteiger charge is -2.14. The molecule has 4 heterocycles. The number of nitrogens with zero attached hydrogens (tertiary/aromatic N) is 6. The third-order valence-electron chi connectivity index (χ3n) is 8.20. The number of aromatic nitrogens is 4. The largest absolute Gasteiger partial charge is 0.378 e. The van der Waals surface area contributed by atoms with Gasteiger partial charge < -0.3 is 9.80 Å². The average molecular weight is 647 g/mol. The summed E-state index contributed by atoms with van der Waals surface area (Å²) in [5.74, 6) is 0.